The molecule has 0 aromatic rings. The highest BCUT2D eigenvalue weighted by molar-refractivity contribution is 4.66. The summed E-state index contributed by atoms with van der Waals surface area (Å²) in [5.74, 6) is 0. The summed E-state index contributed by atoms with van der Waals surface area (Å²) in [4.78, 5) is 2.48. The van der Waals surface area contributed by atoms with Gasteiger partial charge >= 0.3 is 0 Å². The third-order valence-corrected chi connectivity index (χ3v) is 2.96. The Labute approximate surface area is 110 Å². The number of hydrogen-bond acceptors (Lipinski definition) is 1. The molecule has 17 heavy (non-hydrogen) atoms. The van der Waals surface area contributed by atoms with Crippen LogP contribution in [0.3, 0.4) is 0 Å². The van der Waals surface area contributed by atoms with Gasteiger partial charge in [0.15, 0.2) is 0 Å². The van der Waals surface area contributed by atoms with Crippen molar-refractivity contribution in [3.8, 4) is 0 Å². The third kappa shape index (κ3) is 13.9. The van der Waals surface area contributed by atoms with Crippen LogP contribution in [0.25, 0.3) is 0 Å². The molecular weight excluding hydrogens is 206 g/mol. The van der Waals surface area contributed by atoms with Crippen molar-refractivity contribution in [2.24, 2.45) is 10.8 Å². The van der Waals surface area contributed by atoms with Crippen LogP contribution >= 0.6 is 0 Å². The fourth-order valence-corrected chi connectivity index (χ4v) is 2.28. The van der Waals surface area contributed by atoms with Crippen LogP contribution in [0.1, 0.15) is 73.6 Å². The number of rotatable bonds is 7. The lowest BCUT2D eigenvalue weighted by Crippen LogP contribution is -2.30. The van der Waals surface area contributed by atoms with Crippen molar-refractivity contribution in [2.45, 2.75) is 73.6 Å². The molecule has 1 heteroatoms. The summed E-state index contributed by atoms with van der Waals surface area (Å²) >= 11 is 0. The highest BCUT2D eigenvalue weighted by atomic mass is 15.1. The van der Waals surface area contributed by atoms with Gasteiger partial charge in [0.05, 0.1) is 0 Å². The summed E-state index contributed by atoms with van der Waals surface area (Å²) in [5, 5.41) is 0. The predicted octanol–water partition coefficient (Wildman–Crippen LogP) is 4.96. The summed E-state index contributed by atoms with van der Waals surface area (Å²) < 4.78 is 0. The first-order valence-corrected chi connectivity index (χ1v) is 7.29. The van der Waals surface area contributed by atoms with Gasteiger partial charge in [-0.25, -0.2) is 0 Å². The molecule has 0 aromatic heterocycles. The highest BCUT2D eigenvalue weighted by Gasteiger charge is 2.13. The SMILES string of the molecule is CN(CCCCCCC(C)(C)C)CC(C)(C)C. The minimum absolute atomic E-state index is 0.432. The van der Waals surface area contributed by atoms with E-state index in [9.17, 15) is 0 Å². The number of hydrogen-bond donors (Lipinski definition) is 0. The van der Waals surface area contributed by atoms with Gasteiger partial charge in [-0.05, 0) is 37.3 Å². The molecule has 0 spiro atoms. The topological polar surface area (TPSA) is 3.24 Å². The van der Waals surface area contributed by atoms with Crippen LogP contribution in [-0.4, -0.2) is 25.0 Å². The molecule has 0 amide bonds. The van der Waals surface area contributed by atoms with E-state index >= 15 is 0 Å². The molecule has 0 fully saturated rings. The molecular formula is C16H35N. The maximum Gasteiger partial charge on any atom is 0.00270 e. The smallest absolute Gasteiger partial charge is 0.00270 e. The van der Waals surface area contributed by atoms with E-state index in [0.717, 1.165) is 0 Å². The first-order valence-electron chi connectivity index (χ1n) is 7.29. The molecule has 0 aliphatic carbocycles. The zero-order valence-corrected chi connectivity index (χ0v) is 13.4. The van der Waals surface area contributed by atoms with E-state index in [0.29, 0.717) is 10.8 Å². The van der Waals surface area contributed by atoms with Gasteiger partial charge < -0.3 is 4.90 Å². The Balaban J connectivity index is 3.40. The fourth-order valence-electron chi connectivity index (χ4n) is 2.28. The minimum Gasteiger partial charge on any atom is -0.306 e. The van der Waals surface area contributed by atoms with Crippen LogP contribution in [0.4, 0.5) is 0 Å². The van der Waals surface area contributed by atoms with E-state index in [1.165, 1.54) is 45.2 Å². The third-order valence-electron chi connectivity index (χ3n) is 2.96. The van der Waals surface area contributed by atoms with E-state index < -0.39 is 0 Å². The molecule has 0 N–H and O–H groups in total. The lowest BCUT2D eigenvalue weighted by Gasteiger charge is -2.26. The fraction of sp³-hybridized carbons (Fsp3) is 1.00. The Morgan fingerprint density at radius 1 is 0.706 bits per heavy atom. The van der Waals surface area contributed by atoms with Crippen LogP contribution in [-0.2, 0) is 0 Å². The summed E-state index contributed by atoms with van der Waals surface area (Å²) in [5.41, 5.74) is 0.948. The zero-order chi connectivity index (χ0) is 13.5. The average molecular weight is 241 g/mol. The monoisotopic (exact) mass is 241 g/mol. The van der Waals surface area contributed by atoms with E-state index in [2.05, 4.69) is 53.5 Å². The maximum atomic E-state index is 2.48. The van der Waals surface area contributed by atoms with Crippen LogP contribution < -0.4 is 0 Å². The second-order valence-corrected chi connectivity index (χ2v) is 8.02. The largest absolute Gasteiger partial charge is 0.306 e. The van der Waals surface area contributed by atoms with Crippen molar-refractivity contribution in [1.29, 1.82) is 0 Å². The van der Waals surface area contributed by atoms with Gasteiger partial charge in [0.1, 0.15) is 0 Å². The quantitative estimate of drug-likeness (QED) is 0.569. The summed E-state index contributed by atoms with van der Waals surface area (Å²) in [7, 11) is 2.25. The van der Waals surface area contributed by atoms with Gasteiger partial charge in [0.25, 0.3) is 0 Å². The lowest BCUT2D eigenvalue weighted by atomic mass is 9.89. The van der Waals surface area contributed by atoms with Gasteiger partial charge in [-0.1, -0.05) is 60.8 Å². The Kier molecular flexibility index (Phi) is 7.39. The van der Waals surface area contributed by atoms with Crippen LogP contribution in [0.2, 0.25) is 0 Å². The summed E-state index contributed by atoms with van der Waals surface area (Å²) in [6.45, 7) is 16.4. The van der Waals surface area contributed by atoms with Crippen molar-refractivity contribution in [3.05, 3.63) is 0 Å². The molecule has 0 radical (unpaired) electrons. The first kappa shape index (κ1) is 17.0. The predicted molar refractivity (Wildman–Crippen MR) is 79.5 cm³/mol. The number of nitrogens with zero attached hydrogens (tertiary/aromatic N) is 1. The molecule has 0 aromatic carbocycles. The lowest BCUT2D eigenvalue weighted by molar-refractivity contribution is 0.223. The second-order valence-electron chi connectivity index (χ2n) is 8.02. The molecule has 0 saturated carbocycles. The van der Waals surface area contributed by atoms with Crippen molar-refractivity contribution in [2.75, 3.05) is 20.1 Å². The van der Waals surface area contributed by atoms with Gasteiger partial charge in [0.2, 0.25) is 0 Å². The van der Waals surface area contributed by atoms with Crippen molar-refractivity contribution < 1.29 is 0 Å². The normalized spacial score (nSPS) is 13.4. The zero-order valence-electron chi connectivity index (χ0n) is 13.4. The molecule has 0 aliphatic rings. The molecule has 1 nitrogen and oxygen atoms in total. The molecule has 0 rings (SSSR count). The first-order chi connectivity index (χ1) is 7.60. The van der Waals surface area contributed by atoms with Gasteiger partial charge in [-0.2, -0.15) is 0 Å². The van der Waals surface area contributed by atoms with E-state index in [-0.39, 0.29) is 0 Å². The molecule has 0 heterocycles. The minimum atomic E-state index is 0.432. The summed E-state index contributed by atoms with van der Waals surface area (Å²) in [6, 6.07) is 0. The number of unbranched alkanes of at least 4 members (excludes halogenated alkanes) is 3. The second kappa shape index (κ2) is 7.41. The van der Waals surface area contributed by atoms with Gasteiger partial charge in [-0.3, -0.25) is 0 Å². The van der Waals surface area contributed by atoms with Crippen LogP contribution in [0.15, 0.2) is 0 Å². The molecule has 0 saturated heterocycles. The van der Waals surface area contributed by atoms with Crippen LogP contribution in [0, 0.1) is 10.8 Å². The highest BCUT2D eigenvalue weighted by Crippen LogP contribution is 2.22. The maximum absolute atomic E-state index is 2.48. The molecule has 0 bridgehead atoms. The Morgan fingerprint density at radius 2 is 1.24 bits per heavy atom. The van der Waals surface area contributed by atoms with E-state index in [1.807, 2.05) is 0 Å². The van der Waals surface area contributed by atoms with Crippen molar-refractivity contribution in [3.63, 3.8) is 0 Å². The van der Waals surface area contributed by atoms with E-state index in [1.54, 1.807) is 0 Å². The van der Waals surface area contributed by atoms with E-state index in [4.69, 9.17) is 0 Å². The molecule has 104 valence electrons. The standard InChI is InChI=1S/C16H35N/c1-15(2,3)12-10-8-9-11-13-17(7)14-16(4,5)6/h8-14H2,1-7H3. The Hall–Kier alpha value is -0.0400. The molecule has 0 atom stereocenters. The average Bonchev–Trinajstić information content (AvgIpc) is 2.06. The Morgan fingerprint density at radius 3 is 1.71 bits per heavy atom. The Bertz CT molecular complexity index is 183. The molecule has 0 unspecified atom stereocenters. The van der Waals surface area contributed by atoms with Crippen molar-refractivity contribution >= 4 is 0 Å². The summed E-state index contributed by atoms with van der Waals surface area (Å²) in [6.07, 6.45) is 6.92. The van der Waals surface area contributed by atoms with Gasteiger partial charge in [-0.15, -0.1) is 0 Å². The van der Waals surface area contributed by atoms with Crippen molar-refractivity contribution in [1.82, 2.24) is 4.90 Å². The van der Waals surface area contributed by atoms with Crippen LogP contribution in [0.5, 0.6) is 0 Å². The molecule has 0 aliphatic heterocycles. The van der Waals surface area contributed by atoms with Gasteiger partial charge in [0, 0.05) is 6.54 Å².